The normalized spacial score (nSPS) is 11.8. The van der Waals surface area contributed by atoms with Crippen LogP contribution in [0.4, 0.5) is 0 Å². The highest BCUT2D eigenvalue weighted by molar-refractivity contribution is 9.11. The van der Waals surface area contributed by atoms with Crippen molar-refractivity contribution in [3.05, 3.63) is 412 Å². The SMILES string of the molecule is CC(C)(C)c1ccc(-c2c3ccccc3c(Br)c3ccccc23)cc1.CC(C)(C)c1ccc2c(-c3ccccc3)c3cc(C(C)(C)C)ccc3c(Br)c2c1.Cc1cc2c(Br)c3cc(C)c(C)cc3c(-c3ccccc3)c2cc1C.Cc1ccc(-c2c3ccccc3c(Br)c3ccccc23)cc1.Cc1ccc2c(-c3ccccc3)c3cc(C)ccc3c(Br)c2c1. The number of fused-ring (bicyclic) bond motifs is 10. The topological polar surface area (TPSA) is 0 Å². The molecule has 0 fully saturated rings. The van der Waals surface area contributed by atoms with Gasteiger partial charge in [-0.05, 0) is 371 Å². The molecule has 0 saturated carbocycles. The molecule has 0 aliphatic rings. The van der Waals surface area contributed by atoms with E-state index in [1.807, 2.05) is 0 Å². The van der Waals surface area contributed by atoms with E-state index in [2.05, 4.69) is 524 Å². The maximum Gasteiger partial charge on any atom is 0.0332 e. The van der Waals surface area contributed by atoms with Gasteiger partial charge in [-0.2, -0.15) is 0 Å². The third kappa shape index (κ3) is 17.4. The van der Waals surface area contributed by atoms with Gasteiger partial charge in [0.1, 0.15) is 0 Å². The van der Waals surface area contributed by atoms with Crippen molar-refractivity contribution < 1.29 is 0 Å². The fraction of sp³-hybridized carbons (Fsp3) is 0.160. The Balaban J connectivity index is 0.000000115. The first-order chi connectivity index (χ1) is 59.4. The molecule has 20 rings (SSSR count). The molecule has 0 heterocycles. The Morgan fingerprint density at radius 3 is 0.710 bits per heavy atom. The zero-order valence-electron chi connectivity index (χ0n) is 73.6. The molecule has 20 aromatic carbocycles. The standard InChI is InChI=1S/C28H29Br.2C24H21Br.C22H17Br.C21H15Br/c1-27(2,3)19-13-15-22-23(16-19)25(18-10-8-7-9-11-18)21-14-12-20(28(4,5)6)17-24(21)26(22)29;1-14-10-19-21(12-16(14)3)24(25)22-13-17(4)15(2)11-20(22)23(19)18-8-6-5-7-9-18;1-24(2,3)17-14-12-16(13-15-17)22-18-8-4-6-10-20(18)23(25)21-11-7-5-9-19(21)22;1-14-9-11-18-19(12-14)21(16-6-4-3-5-7-16)17-10-8-15(2)13-20(17)22(18)23;1-14-10-12-15(13-11-14)20-16-6-2-4-8-18(16)21(22)19-9-5-3-7-17(19)20/h7-17H,1-6H3;5-13H,1-4H3;4-15H,1-3H3;3-13H,1-2H3;2-13H,1H3. The average Bonchev–Trinajstić information content (AvgIpc) is 0.576. The van der Waals surface area contributed by atoms with Gasteiger partial charge in [0.15, 0.2) is 0 Å². The monoisotopic (exact) mass is 1930 g/mol. The number of halogens is 5. The number of hydrogen-bond acceptors (Lipinski definition) is 0. The lowest BCUT2D eigenvalue weighted by molar-refractivity contribution is 0.590. The van der Waals surface area contributed by atoms with E-state index in [1.54, 1.807) is 0 Å². The summed E-state index contributed by atoms with van der Waals surface area (Å²) in [6.07, 6.45) is 0. The van der Waals surface area contributed by atoms with Gasteiger partial charge in [-0.3, -0.25) is 0 Å². The summed E-state index contributed by atoms with van der Waals surface area (Å²) in [5.41, 5.74) is 26.6. The molecule has 0 aromatic heterocycles. The smallest absolute Gasteiger partial charge is 0.0332 e. The van der Waals surface area contributed by atoms with Crippen LogP contribution in [0.2, 0.25) is 0 Å². The molecule has 5 heteroatoms. The van der Waals surface area contributed by atoms with E-state index in [1.165, 1.54) is 241 Å². The third-order valence-corrected chi connectivity index (χ3v) is 29.0. The lowest BCUT2D eigenvalue weighted by Crippen LogP contribution is -2.11. The number of aryl methyl sites for hydroxylation is 7. The van der Waals surface area contributed by atoms with E-state index in [4.69, 9.17) is 0 Å². The van der Waals surface area contributed by atoms with Crippen molar-refractivity contribution in [1.29, 1.82) is 0 Å². The Kier molecular flexibility index (Phi) is 25.1. The zero-order chi connectivity index (χ0) is 87.4. The Hall–Kier alpha value is -10.6. The van der Waals surface area contributed by atoms with E-state index in [-0.39, 0.29) is 16.2 Å². The molecule has 614 valence electrons. The summed E-state index contributed by atoms with van der Waals surface area (Å²) in [6.45, 7) is 35.6. The van der Waals surface area contributed by atoms with Crippen LogP contribution in [0.15, 0.2) is 356 Å². The van der Waals surface area contributed by atoms with E-state index >= 15 is 0 Å². The molecular formula is C119H103Br5. The van der Waals surface area contributed by atoms with Gasteiger partial charge in [0.25, 0.3) is 0 Å². The summed E-state index contributed by atoms with van der Waals surface area (Å²) in [4.78, 5) is 0. The molecule has 0 atom stereocenters. The predicted molar refractivity (Wildman–Crippen MR) is 562 cm³/mol. The highest BCUT2D eigenvalue weighted by Crippen LogP contribution is 2.50. The summed E-state index contributed by atoms with van der Waals surface area (Å²) < 4.78 is 5.92. The summed E-state index contributed by atoms with van der Waals surface area (Å²) in [5.74, 6) is 0. The fourth-order valence-corrected chi connectivity index (χ4v) is 21.0. The van der Waals surface area contributed by atoms with Crippen molar-refractivity contribution in [1.82, 2.24) is 0 Å². The molecule has 0 radical (unpaired) electrons. The largest absolute Gasteiger partial charge is 0.0622 e. The molecule has 0 N–H and O–H groups in total. The lowest BCUT2D eigenvalue weighted by atomic mass is 9.82. The minimum absolute atomic E-state index is 0.111. The van der Waals surface area contributed by atoms with Crippen LogP contribution in [-0.2, 0) is 16.2 Å². The van der Waals surface area contributed by atoms with Crippen molar-refractivity contribution >= 4 is 187 Å². The van der Waals surface area contributed by atoms with Crippen molar-refractivity contribution in [3.63, 3.8) is 0 Å². The van der Waals surface area contributed by atoms with Gasteiger partial charge in [-0.25, -0.2) is 0 Å². The molecule has 0 unspecified atom stereocenters. The fourth-order valence-electron chi connectivity index (χ4n) is 17.6. The molecule has 0 saturated heterocycles. The van der Waals surface area contributed by atoms with E-state index in [0.717, 1.165) is 0 Å². The van der Waals surface area contributed by atoms with Crippen LogP contribution in [0.5, 0.6) is 0 Å². The Morgan fingerprint density at radius 2 is 0.347 bits per heavy atom. The van der Waals surface area contributed by atoms with Gasteiger partial charge in [0.05, 0.1) is 0 Å². The summed E-state index contributed by atoms with van der Waals surface area (Å²) in [5, 5.41) is 25.7. The quantitative estimate of drug-likeness (QED) is 0.151. The van der Waals surface area contributed by atoms with Gasteiger partial charge >= 0.3 is 0 Å². The summed E-state index contributed by atoms with van der Waals surface area (Å²) in [6, 6.07) is 121. The third-order valence-electron chi connectivity index (χ3n) is 24.7. The summed E-state index contributed by atoms with van der Waals surface area (Å²) in [7, 11) is 0. The van der Waals surface area contributed by atoms with Crippen molar-refractivity contribution in [2.75, 3.05) is 0 Å². The van der Waals surface area contributed by atoms with Gasteiger partial charge < -0.3 is 0 Å². The van der Waals surface area contributed by atoms with E-state index in [9.17, 15) is 0 Å². The highest BCUT2D eigenvalue weighted by Gasteiger charge is 2.25. The van der Waals surface area contributed by atoms with Crippen LogP contribution >= 0.6 is 79.6 Å². The Bertz CT molecular complexity index is 7300. The molecule has 0 nitrogen and oxygen atoms in total. The second-order valence-corrected chi connectivity index (χ2v) is 40.5. The highest BCUT2D eigenvalue weighted by atomic mass is 79.9. The first-order valence-corrected chi connectivity index (χ1v) is 46.9. The average molecular weight is 1930 g/mol. The first-order valence-electron chi connectivity index (χ1n) is 42.9. The van der Waals surface area contributed by atoms with Crippen molar-refractivity contribution in [2.24, 2.45) is 0 Å². The molecular weight excluding hydrogens is 1830 g/mol. The van der Waals surface area contributed by atoms with E-state index < -0.39 is 0 Å². The second-order valence-electron chi connectivity index (χ2n) is 36.5. The Morgan fingerprint density at radius 1 is 0.153 bits per heavy atom. The maximum atomic E-state index is 3.97. The molecule has 0 amide bonds. The van der Waals surface area contributed by atoms with Gasteiger partial charge in [-0.1, -0.05) is 388 Å². The zero-order valence-corrected chi connectivity index (χ0v) is 81.6. The second kappa shape index (κ2) is 35.8. The van der Waals surface area contributed by atoms with Crippen LogP contribution in [0.3, 0.4) is 0 Å². The van der Waals surface area contributed by atoms with Crippen LogP contribution in [-0.4, -0.2) is 0 Å². The van der Waals surface area contributed by atoms with Gasteiger partial charge in [0, 0.05) is 22.4 Å². The Labute approximate surface area is 774 Å². The molecule has 0 aliphatic carbocycles. The predicted octanol–water partition coefficient (Wildman–Crippen LogP) is 38.2. The summed E-state index contributed by atoms with van der Waals surface area (Å²) >= 11 is 19.3. The van der Waals surface area contributed by atoms with Gasteiger partial charge in [0.2, 0.25) is 0 Å². The molecule has 0 aliphatic heterocycles. The van der Waals surface area contributed by atoms with Gasteiger partial charge in [-0.15, -0.1) is 0 Å². The molecule has 0 spiro atoms. The van der Waals surface area contributed by atoms with Crippen LogP contribution < -0.4 is 0 Å². The number of hydrogen-bond donors (Lipinski definition) is 0. The number of benzene rings is 20. The maximum absolute atomic E-state index is 3.97. The molecule has 0 bridgehead atoms. The van der Waals surface area contributed by atoms with Crippen LogP contribution in [0, 0.1) is 48.5 Å². The van der Waals surface area contributed by atoms with Crippen molar-refractivity contribution in [2.45, 2.75) is 127 Å². The molecule has 124 heavy (non-hydrogen) atoms. The van der Waals surface area contributed by atoms with Crippen LogP contribution in [0.1, 0.15) is 118 Å². The number of rotatable bonds is 5. The van der Waals surface area contributed by atoms with E-state index in [0.29, 0.717) is 0 Å². The van der Waals surface area contributed by atoms with Crippen molar-refractivity contribution in [3.8, 4) is 55.6 Å². The van der Waals surface area contributed by atoms with Crippen LogP contribution in [0.25, 0.3) is 163 Å². The molecule has 20 aromatic rings. The minimum atomic E-state index is 0.111. The minimum Gasteiger partial charge on any atom is -0.0622 e. The first kappa shape index (κ1) is 86.9. The lowest BCUT2D eigenvalue weighted by Gasteiger charge is -2.23.